The van der Waals surface area contributed by atoms with Crippen molar-refractivity contribution in [3.05, 3.63) is 34.4 Å². The third-order valence-electron chi connectivity index (χ3n) is 2.32. The highest BCUT2D eigenvalue weighted by Gasteiger charge is 2.23. The van der Waals surface area contributed by atoms with Crippen molar-refractivity contribution in [2.24, 2.45) is 5.73 Å². The summed E-state index contributed by atoms with van der Waals surface area (Å²) in [6, 6.07) is 6.82. The minimum absolute atomic E-state index is 0.128. The first-order valence-corrected chi connectivity index (χ1v) is 4.42. The number of anilines is 1. The molecule has 1 aliphatic rings. The van der Waals surface area contributed by atoms with Crippen LogP contribution >= 0.6 is 0 Å². The molecule has 1 aliphatic heterocycles. The second kappa shape index (κ2) is 3.26. The van der Waals surface area contributed by atoms with Gasteiger partial charge in [0.2, 0.25) is 0 Å². The number of benzene rings is 1. The Morgan fingerprint density at radius 1 is 1.50 bits per heavy atom. The molecule has 1 heterocycles. The van der Waals surface area contributed by atoms with Crippen molar-refractivity contribution in [1.82, 2.24) is 0 Å². The highest BCUT2D eigenvalue weighted by molar-refractivity contribution is 5.55. The fourth-order valence-electron chi connectivity index (χ4n) is 1.53. The SMILES string of the molecule is NC1CN(c2cccc([N+](=O)[O-])c2)C1. The highest BCUT2D eigenvalue weighted by atomic mass is 16.6. The molecule has 0 atom stereocenters. The van der Waals surface area contributed by atoms with Gasteiger partial charge in [-0.05, 0) is 6.07 Å². The predicted octanol–water partition coefficient (Wildman–Crippen LogP) is 0.742. The Hall–Kier alpha value is -1.62. The Morgan fingerprint density at radius 3 is 2.79 bits per heavy atom. The van der Waals surface area contributed by atoms with Crippen LogP contribution in [0.2, 0.25) is 0 Å². The van der Waals surface area contributed by atoms with Crippen LogP contribution in [0.15, 0.2) is 24.3 Å². The van der Waals surface area contributed by atoms with Gasteiger partial charge in [-0.15, -0.1) is 0 Å². The van der Waals surface area contributed by atoms with Crippen LogP contribution in [0.5, 0.6) is 0 Å². The van der Waals surface area contributed by atoms with Gasteiger partial charge < -0.3 is 10.6 Å². The van der Waals surface area contributed by atoms with E-state index < -0.39 is 0 Å². The summed E-state index contributed by atoms with van der Waals surface area (Å²) in [5.41, 5.74) is 6.63. The quantitative estimate of drug-likeness (QED) is 0.555. The summed E-state index contributed by atoms with van der Waals surface area (Å²) >= 11 is 0. The van der Waals surface area contributed by atoms with Gasteiger partial charge in [-0.2, -0.15) is 0 Å². The van der Waals surface area contributed by atoms with Gasteiger partial charge in [-0.25, -0.2) is 0 Å². The molecule has 0 radical (unpaired) electrons. The Labute approximate surface area is 81.3 Å². The number of nitrogens with two attached hydrogens (primary N) is 1. The third kappa shape index (κ3) is 1.54. The molecule has 1 aromatic carbocycles. The first-order valence-electron chi connectivity index (χ1n) is 4.42. The maximum absolute atomic E-state index is 10.5. The molecular formula is C9H11N3O2. The molecule has 0 unspecified atom stereocenters. The second-order valence-corrected chi connectivity index (χ2v) is 3.44. The summed E-state index contributed by atoms with van der Waals surface area (Å²) < 4.78 is 0. The van der Waals surface area contributed by atoms with Crippen molar-refractivity contribution >= 4 is 11.4 Å². The van der Waals surface area contributed by atoms with E-state index in [1.165, 1.54) is 6.07 Å². The van der Waals surface area contributed by atoms with Crippen molar-refractivity contribution in [3.63, 3.8) is 0 Å². The molecule has 0 aliphatic carbocycles. The number of hydrogen-bond donors (Lipinski definition) is 1. The summed E-state index contributed by atoms with van der Waals surface area (Å²) in [6.45, 7) is 1.56. The molecule has 5 nitrogen and oxygen atoms in total. The fourth-order valence-corrected chi connectivity index (χ4v) is 1.53. The van der Waals surface area contributed by atoms with Gasteiger partial charge in [0.05, 0.1) is 4.92 Å². The maximum atomic E-state index is 10.5. The number of nitro groups is 1. The lowest BCUT2D eigenvalue weighted by molar-refractivity contribution is -0.384. The Kier molecular flexibility index (Phi) is 2.09. The smallest absolute Gasteiger partial charge is 0.271 e. The summed E-state index contributed by atoms with van der Waals surface area (Å²) in [5, 5.41) is 10.5. The van der Waals surface area contributed by atoms with Crippen LogP contribution in [0.4, 0.5) is 11.4 Å². The van der Waals surface area contributed by atoms with E-state index in [9.17, 15) is 10.1 Å². The molecule has 2 N–H and O–H groups in total. The zero-order chi connectivity index (χ0) is 10.1. The molecule has 0 saturated carbocycles. The molecule has 0 amide bonds. The van der Waals surface area contributed by atoms with Crippen molar-refractivity contribution in [1.29, 1.82) is 0 Å². The van der Waals surface area contributed by atoms with Crippen LogP contribution < -0.4 is 10.6 Å². The monoisotopic (exact) mass is 193 g/mol. The lowest BCUT2D eigenvalue weighted by Crippen LogP contribution is -2.55. The number of nitrogens with zero attached hydrogens (tertiary/aromatic N) is 2. The minimum Gasteiger partial charge on any atom is -0.368 e. The van der Waals surface area contributed by atoms with E-state index in [1.54, 1.807) is 12.1 Å². The van der Waals surface area contributed by atoms with Gasteiger partial charge >= 0.3 is 0 Å². The fraction of sp³-hybridized carbons (Fsp3) is 0.333. The Balaban J connectivity index is 2.18. The van der Waals surface area contributed by atoms with Gasteiger partial charge in [-0.3, -0.25) is 10.1 Å². The van der Waals surface area contributed by atoms with Crippen molar-refractivity contribution in [2.45, 2.75) is 6.04 Å². The van der Waals surface area contributed by atoms with E-state index in [0.29, 0.717) is 0 Å². The standard InChI is InChI=1S/C9H11N3O2/c10-7-5-11(6-7)8-2-1-3-9(4-8)12(13)14/h1-4,7H,5-6,10H2. The molecule has 0 spiro atoms. The summed E-state index contributed by atoms with van der Waals surface area (Å²) in [7, 11) is 0. The number of rotatable bonds is 2. The van der Waals surface area contributed by atoms with Crippen LogP contribution in [-0.2, 0) is 0 Å². The van der Waals surface area contributed by atoms with E-state index in [-0.39, 0.29) is 16.7 Å². The first kappa shape index (κ1) is 8.96. The van der Waals surface area contributed by atoms with Gasteiger partial charge in [-0.1, -0.05) is 6.07 Å². The average molecular weight is 193 g/mol. The molecule has 1 saturated heterocycles. The first-order chi connectivity index (χ1) is 6.66. The largest absolute Gasteiger partial charge is 0.368 e. The average Bonchev–Trinajstić information content (AvgIpc) is 2.13. The predicted molar refractivity (Wildman–Crippen MR) is 53.3 cm³/mol. The van der Waals surface area contributed by atoms with Crippen LogP contribution in [-0.4, -0.2) is 24.1 Å². The van der Waals surface area contributed by atoms with Gasteiger partial charge in [0.15, 0.2) is 0 Å². The lowest BCUT2D eigenvalue weighted by atomic mass is 10.1. The van der Waals surface area contributed by atoms with E-state index in [2.05, 4.69) is 0 Å². The third-order valence-corrected chi connectivity index (χ3v) is 2.32. The molecule has 14 heavy (non-hydrogen) atoms. The number of non-ortho nitro benzene ring substituents is 1. The summed E-state index contributed by atoms with van der Waals surface area (Å²) in [5.74, 6) is 0. The Bertz CT molecular complexity index is 361. The molecule has 1 aromatic rings. The maximum Gasteiger partial charge on any atom is 0.271 e. The zero-order valence-electron chi connectivity index (χ0n) is 7.59. The number of hydrogen-bond acceptors (Lipinski definition) is 4. The topological polar surface area (TPSA) is 72.4 Å². The molecule has 2 rings (SSSR count). The lowest BCUT2D eigenvalue weighted by Gasteiger charge is -2.38. The molecule has 0 bridgehead atoms. The molecule has 74 valence electrons. The second-order valence-electron chi connectivity index (χ2n) is 3.44. The van der Waals surface area contributed by atoms with Crippen LogP contribution in [0.3, 0.4) is 0 Å². The highest BCUT2D eigenvalue weighted by Crippen LogP contribution is 2.24. The van der Waals surface area contributed by atoms with Crippen LogP contribution in [0, 0.1) is 10.1 Å². The van der Waals surface area contributed by atoms with Crippen molar-refractivity contribution < 1.29 is 4.92 Å². The van der Waals surface area contributed by atoms with E-state index in [1.807, 2.05) is 11.0 Å². The summed E-state index contributed by atoms with van der Waals surface area (Å²) in [6.07, 6.45) is 0. The molecular weight excluding hydrogens is 182 g/mol. The number of nitro benzene ring substituents is 1. The van der Waals surface area contributed by atoms with Crippen LogP contribution in [0.25, 0.3) is 0 Å². The van der Waals surface area contributed by atoms with Gasteiger partial charge in [0.25, 0.3) is 5.69 Å². The zero-order valence-corrected chi connectivity index (χ0v) is 7.59. The van der Waals surface area contributed by atoms with Gasteiger partial charge in [0, 0.05) is 37.0 Å². The summed E-state index contributed by atoms with van der Waals surface area (Å²) in [4.78, 5) is 12.1. The molecule has 0 aromatic heterocycles. The normalized spacial score (nSPS) is 16.5. The van der Waals surface area contributed by atoms with Crippen LogP contribution in [0.1, 0.15) is 0 Å². The van der Waals surface area contributed by atoms with E-state index in [0.717, 1.165) is 18.8 Å². The Morgan fingerprint density at radius 2 is 2.21 bits per heavy atom. The van der Waals surface area contributed by atoms with Gasteiger partial charge in [0.1, 0.15) is 0 Å². The molecule has 5 heteroatoms. The molecule has 1 fully saturated rings. The van der Waals surface area contributed by atoms with Crippen molar-refractivity contribution in [3.8, 4) is 0 Å². The van der Waals surface area contributed by atoms with Crippen molar-refractivity contribution in [2.75, 3.05) is 18.0 Å². The van der Waals surface area contributed by atoms with E-state index in [4.69, 9.17) is 5.73 Å². The van der Waals surface area contributed by atoms with E-state index >= 15 is 0 Å². The minimum atomic E-state index is -0.386.